The maximum Gasteiger partial charge on any atom is 0.199 e. The highest BCUT2D eigenvalue weighted by Gasteiger charge is 2.49. The third kappa shape index (κ3) is 7.84. The van der Waals surface area contributed by atoms with Crippen molar-refractivity contribution in [2.45, 2.75) is 134 Å². The van der Waals surface area contributed by atoms with Gasteiger partial charge in [-0.15, -0.1) is 0 Å². The van der Waals surface area contributed by atoms with Gasteiger partial charge in [0.2, 0.25) is 0 Å². The second-order valence-electron chi connectivity index (χ2n) is 12.4. The molecule has 0 aromatic carbocycles. The Kier molecular flexibility index (Phi) is 10.8. The molecule has 4 fully saturated rings. The molecule has 5 nitrogen and oxygen atoms in total. The van der Waals surface area contributed by atoms with E-state index in [2.05, 4.69) is 12.2 Å². The predicted octanol–water partition coefficient (Wildman–Crippen LogP) is 7.43. The molecule has 2 aliphatic heterocycles. The molecule has 0 aromatic heterocycles. The molecule has 210 valence electrons. The number of fused-ring (bicyclic) bond motifs is 1. The summed E-state index contributed by atoms with van der Waals surface area (Å²) in [6, 6.07) is 0. The van der Waals surface area contributed by atoms with Gasteiger partial charge in [-0.05, 0) is 94.5 Å². The largest absolute Gasteiger partial charge is 0.469 e. The number of hydrogen-bond acceptors (Lipinski definition) is 5. The average Bonchev–Trinajstić information content (AvgIpc) is 3.48. The van der Waals surface area contributed by atoms with Crippen molar-refractivity contribution in [2.24, 2.45) is 23.7 Å². The number of unbranched alkanes of at least 4 members (excludes halogenated alkanes) is 2. The smallest absolute Gasteiger partial charge is 0.199 e. The van der Waals surface area contributed by atoms with E-state index in [0.29, 0.717) is 18.4 Å². The Morgan fingerprint density at radius 3 is 2.38 bits per heavy atom. The van der Waals surface area contributed by atoms with Gasteiger partial charge in [-0.3, -0.25) is 0 Å². The summed E-state index contributed by atoms with van der Waals surface area (Å²) in [7, 11) is 0. The third-order valence-electron chi connectivity index (χ3n) is 9.60. The van der Waals surface area contributed by atoms with Gasteiger partial charge in [-0.2, -0.15) is 0 Å². The van der Waals surface area contributed by atoms with Crippen LogP contribution in [0, 0.1) is 23.7 Å². The summed E-state index contributed by atoms with van der Waals surface area (Å²) in [5.74, 6) is 3.38. The van der Waals surface area contributed by atoms with Crippen LogP contribution in [0.3, 0.4) is 0 Å². The summed E-state index contributed by atoms with van der Waals surface area (Å²) in [6.45, 7) is 1.95. The van der Waals surface area contributed by atoms with Crippen LogP contribution in [0.15, 0.2) is 23.5 Å². The van der Waals surface area contributed by atoms with Crippen LogP contribution in [-0.4, -0.2) is 43.6 Å². The van der Waals surface area contributed by atoms with Crippen LogP contribution >= 0.6 is 0 Å². The minimum atomic E-state index is -0.107. The summed E-state index contributed by atoms with van der Waals surface area (Å²) in [6.07, 6.45) is 26.3. The minimum absolute atomic E-state index is 0.0625. The van der Waals surface area contributed by atoms with Crippen molar-refractivity contribution < 1.29 is 24.1 Å². The Balaban J connectivity index is 1.33. The first kappa shape index (κ1) is 27.7. The van der Waals surface area contributed by atoms with Gasteiger partial charge in [-0.25, -0.2) is 0 Å². The van der Waals surface area contributed by atoms with Crippen molar-refractivity contribution in [1.82, 2.24) is 0 Å². The number of aliphatic hydroxyl groups is 1. The number of aliphatic hydroxyl groups excluding tert-OH is 1. The van der Waals surface area contributed by atoms with Crippen LogP contribution in [0.5, 0.6) is 0 Å². The van der Waals surface area contributed by atoms with Crippen molar-refractivity contribution in [1.29, 1.82) is 0 Å². The maximum absolute atomic E-state index is 9.16. The maximum atomic E-state index is 9.16. The molecule has 0 bridgehead atoms. The van der Waals surface area contributed by atoms with Crippen LogP contribution in [0.4, 0.5) is 0 Å². The summed E-state index contributed by atoms with van der Waals surface area (Å²) in [4.78, 5) is 0. The van der Waals surface area contributed by atoms with E-state index in [0.717, 1.165) is 76.9 Å². The highest BCUT2D eigenvalue weighted by Crippen LogP contribution is 2.52. The van der Waals surface area contributed by atoms with Gasteiger partial charge in [0, 0.05) is 25.6 Å². The van der Waals surface area contributed by atoms with Gasteiger partial charge in [0.05, 0.1) is 12.7 Å². The Bertz CT molecular complexity index is 729. The second-order valence-corrected chi connectivity index (χ2v) is 12.4. The number of rotatable bonds is 12. The van der Waals surface area contributed by atoms with Crippen LogP contribution in [-0.2, 0) is 18.9 Å². The topological polar surface area (TPSA) is 57.2 Å². The van der Waals surface area contributed by atoms with Crippen LogP contribution in [0.25, 0.3) is 0 Å². The molecule has 37 heavy (non-hydrogen) atoms. The lowest BCUT2D eigenvalue weighted by molar-refractivity contribution is -0.201. The minimum Gasteiger partial charge on any atom is -0.469 e. The Morgan fingerprint density at radius 1 is 0.892 bits per heavy atom. The van der Waals surface area contributed by atoms with E-state index in [9.17, 15) is 0 Å². The van der Waals surface area contributed by atoms with Gasteiger partial charge in [0.25, 0.3) is 0 Å². The zero-order valence-electron chi connectivity index (χ0n) is 23.1. The zero-order valence-corrected chi connectivity index (χ0v) is 23.1. The highest BCUT2D eigenvalue weighted by molar-refractivity contribution is 5.23. The van der Waals surface area contributed by atoms with E-state index in [-0.39, 0.29) is 24.6 Å². The molecule has 3 aliphatic carbocycles. The molecule has 5 rings (SSSR count). The first-order chi connectivity index (χ1) is 18.3. The van der Waals surface area contributed by atoms with Crippen molar-refractivity contribution in [3.8, 4) is 0 Å². The molecule has 2 unspecified atom stereocenters. The van der Waals surface area contributed by atoms with Gasteiger partial charge in [-0.1, -0.05) is 50.2 Å². The lowest BCUT2D eigenvalue weighted by Gasteiger charge is -2.34. The first-order valence-electron chi connectivity index (χ1n) is 15.9. The van der Waals surface area contributed by atoms with Gasteiger partial charge in [0.1, 0.15) is 5.76 Å². The molecular weight excluding hydrogens is 464 g/mol. The first-order valence-corrected chi connectivity index (χ1v) is 15.9. The van der Waals surface area contributed by atoms with Crippen LogP contribution < -0.4 is 0 Å². The molecule has 2 saturated carbocycles. The van der Waals surface area contributed by atoms with Crippen molar-refractivity contribution >= 4 is 0 Å². The van der Waals surface area contributed by atoms with E-state index < -0.39 is 0 Å². The molecule has 0 aromatic rings. The van der Waals surface area contributed by atoms with Gasteiger partial charge < -0.3 is 24.1 Å². The summed E-state index contributed by atoms with van der Waals surface area (Å²) in [5.41, 5.74) is 1.62. The van der Waals surface area contributed by atoms with Crippen molar-refractivity contribution in [3.63, 3.8) is 0 Å². The number of allylic oxidation sites excluding steroid dienone is 3. The normalized spacial score (nSPS) is 35.4. The fraction of sp³-hybridized carbons (Fsp3) is 0.875. The third-order valence-corrected chi connectivity index (χ3v) is 9.60. The monoisotopic (exact) mass is 516 g/mol. The standard InChI is InChI=1S/C32H52O5/c33-18-8-2-5-13-25-21-26-23-29(37-31-15-7-10-20-35-31)32(27(26)22-25)28(36-30-14-6-9-19-34-30)17-16-24-11-3-1-4-12-24/h17,21,24,26-27,29-33H,1-16,18-20,22-23H2/t26-,27-,29+,30?,31?,32-/m1/s1. The van der Waals surface area contributed by atoms with Crippen molar-refractivity contribution in [2.75, 3.05) is 19.8 Å². The molecule has 5 heteroatoms. The molecule has 0 spiro atoms. The molecule has 0 radical (unpaired) electrons. The fourth-order valence-electron chi connectivity index (χ4n) is 7.57. The second kappa shape index (κ2) is 14.5. The molecule has 6 atom stereocenters. The fourth-order valence-corrected chi connectivity index (χ4v) is 7.57. The Hall–Kier alpha value is -0.880. The predicted molar refractivity (Wildman–Crippen MR) is 146 cm³/mol. The number of ether oxygens (including phenoxy) is 4. The van der Waals surface area contributed by atoms with Crippen LogP contribution in [0.1, 0.15) is 116 Å². The van der Waals surface area contributed by atoms with E-state index in [1.807, 2.05) is 0 Å². The molecular formula is C32H52O5. The molecule has 2 saturated heterocycles. The van der Waals surface area contributed by atoms with Crippen LogP contribution in [0.2, 0.25) is 0 Å². The summed E-state index contributed by atoms with van der Waals surface area (Å²) < 4.78 is 25.7. The Labute approximate surface area is 225 Å². The highest BCUT2D eigenvalue weighted by atomic mass is 16.7. The van der Waals surface area contributed by atoms with Gasteiger partial charge in [0.15, 0.2) is 12.6 Å². The SMILES string of the molecule is OCCCCCC1=C[C@@H]2C[C@H](OC3CCCCO3)[C@@H](C(=CCC3CCCCC3)OC3CCCCO3)[C@@H]2C1. The summed E-state index contributed by atoms with van der Waals surface area (Å²) >= 11 is 0. The average molecular weight is 517 g/mol. The molecule has 5 aliphatic rings. The summed E-state index contributed by atoms with van der Waals surface area (Å²) in [5, 5.41) is 9.16. The van der Waals surface area contributed by atoms with Gasteiger partial charge >= 0.3 is 0 Å². The number of hydrogen-bond donors (Lipinski definition) is 1. The van der Waals surface area contributed by atoms with E-state index in [1.54, 1.807) is 5.57 Å². The van der Waals surface area contributed by atoms with E-state index in [4.69, 9.17) is 24.1 Å². The lowest BCUT2D eigenvalue weighted by atomic mass is 9.84. The van der Waals surface area contributed by atoms with Crippen molar-refractivity contribution in [3.05, 3.63) is 23.5 Å². The Morgan fingerprint density at radius 2 is 1.65 bits per heavy atom. The molecule has 1 N–H and O–H groups in total. The van der Waals surface area contributed by atoms with E-state index >= 15 is 0 Å². The lowest BCUT2D eigenvalue weighted by Crippen LogP contribution is -2.34. The molecule has 0 amide bonds. The quantitative estimate of drug-likeness (QED) is 0.166. The van der Waals surface area contributed by atoms with E-state index in [1.165, 1.54) is 63.5 Å². The molecule has 2 heterocycles. The zero-order chi connectivity index (χ0) is 25.3.